The van der Waals surface area contributed by atoms with Gasteiger partial charge in [-0.25, -0.2) is 9.78 Å². The SMILES string of the molecule is NC(=NOC(=O)COc1ccccc1)c1ccc[nH+]c1. The molecule has 0 fully saturated rings. The smallest absolute Gasteiger partial charge is 0.372 e. The van der Waals surface area contributed by atoms with Crippen LogP contribution in [0.25, 0.3) is 0 Å². The van der Waals surface area contributed by atoms with Crippen LogP contribution in [0, 0.1) is 0 Å². The molecule has 0 aliphatic carbocycles. The van der Waals surface area contributed by atoms with E-state index in [2.05, 4.69) is 15.0 Å². The molecule has 1 heterocycles. The number of amidine groups is 1. The highest BCUT2D eigenvalue weighted by Crippen LogP contribution is 2.07. The fourth-order valence-corrected chi connectivity index (χ4v) is 1.39. The summed E-state index contributed by atoms with van der Waals surface area (Å²) in [5, 5.41) is 3.55. The zero-order valence-electron chi connectivity index (χ0n) is 10.7. The maximum atomic E-state index is 11.4. The fraction of sp³-hybridized carbons (Fsp3) is 0.0714. The van der Waals surface area contributed by atoms with E-state index in [1.807, 2.05) is 18.2 Å². The van der Waals surface area contributed by atoms with Gasteiger partial charge in [0.25, 0.3) is 0 Å². The second-order valence-electron chi connectivity index (χ2n) is 3.83. The number of para-hydroxylation sites is 1. The standard InChI is InChI=1S/C14H13N3O3/c15-14(11-5-4-8-16-9-11)17-20-13(18)10-19-12-6-2-1-3-7-12/h1-9H,10H2,(H2,15,17)/p+1. The number of benzene rings is 1. The minimum Gasteiger partial charge on any atom is -0.482 e. The van der Waals surface area contributed by atoms with E-state index < -0.39 is 5.97 Å². The highest BCUT2D eigenvalue weighted by atomic mass is 16.7. The van der Waals surface area contributed by atoms with E-state index in [-0.39, 0.29) is 12.4 Å². The molecule has 20 heavy (non-hydrogen) atoms. The molecule has 0 spiro atoms. The number of nitrogens with zero attached hydrogens (tertiary/aromatic N) is 1. The first-order valence-electron chi connectivity index (χ1n) is 5.93. The number of H-pyrrole nitrogens is 1. The summed E-state index contributed by atoms with van der Waals surface area (Å²) in [5.74, 6) is 0.0608. The number of carbonyl (C=O) groups excluding carboxylic acids is 1. The van der Waals surface area contributed by atoms with Crippen molar-refractivity contribution in [1.29, 1.82) is 0 Å². The number of aromatic nitrogens is 1. The summed E-state index contributed by atoms with van der Waals surface area (Å²) < 4.78 is 5.21. The normalized spacial score (nSPS) is 10.9. The highest BCUT2D eigenvalue weighted by Gasteiger charge is 2.06. The topological polar surface area (TPSA) is 88.1 Å². The Kier molecular flexibility index (Phi) is 4.66. The van der Waals surface area contributed by atoms with Gasteiger partial charge in [0.2, 0.25) is 0 Å². The van der Waals surface area contributed by atoms with Gasteiger partial charge in [-0.05, 0) is 18.2 Å². The number of pyridine rings is 1. The summed E-state index contributed by atoms with van der Waals surface area (Å²) in [4.78, 5) is 18.9. The van der Waals surface area contributed by atoms with Crippen LogP contribution in [0.1, 0.15) is 5.56 Å². The number of rotatable bonds is 5. The Balaban J connectivity index is 1.83. The van der Waals surface area contributed by atoms with Gasteiger partial charge < -0.3 is 15.3 Å². The van der Waals surface area contributed by atoms with Crippen LogP contribution >= 0.6 is 0 Å². The molecular formula is C14H14N3O3+. The molecule has 0 aliphatic heterocycles. The van der Waals surface area contributed by atoms with Crippen LogP contribution in [0.4, 0.5) is 0 Å². The van der Waals surface area contributed by atoms with Crippen molar-refractivity contribution in [2.24, 2.45) is 10.9 Å². The van der Waals surface area contributed by atoms with Crippen molar-refractivity contribution in [2.45, 2.75) is 0 Å². The van der Waals surface area contributed by atoms with Gasteiger partial charge in [0.15, 0.2) is 24.8 Å². The predicted octanol–water partition coefficient (Wildman–Crippen LogP) is 0.743. The first kappa shape index (κ1) is 13.5. The number of hydrogen-bond donors (Lipinski definition) is 1. The lowest BCUT2D eigenvalue weighted by atomic mass is 10.3. The number of ether oxygens (including phenoxy) is 1. The molecule has 0 unspecified atom stereocenters. The van der Waals surface area contributed by atoms with Gasteiger partial charge in [-0.3, -0.25) is 0 Å². The number of nitrogens with two attached hydrogens (primary N) is 1. The molecule has 0 aliphatic rings. The van der Waals surface area contributed by atoms with E-state index in [9.17, 15) is 4.79 Å². The Hall–Kier alpha value is -2.89. The molecule has 1 aromatic carbocycles. The van der Waals surface area contributed by atoms with Crippen molar-refractivity contribution in [3.8, 4) is 5.75 Å². The molecule has 0 amide bonds. The van der Waals surface area contributed by atoms with E-state index >= 15 is 0 Å². The van der Waals surface area contributed by atoms with Gasteiger partial charge in [0.1, 0.15) is 5.75 Å². The fourth-order valence-electron chi connectivity index (χ4n) is 1.39. The molecule has 0 saturated heterocycles. The third kappa shape index (κ3) is 4.09. The molecule has 0 atom stereocenters. The molecule has 2 rings (SSSR count). The zero-order chi connectivity index (χ0) is 14.2. The third-order valence-electron chi connectivity index (χ3n) is 2.35. The minimum atomic E-state index is -0.628. The van der Waals surface area contributed by atoms with Gasteiger partial charge >= 0.3 is 5.97 Å². The van der Waals surface area contributed by atoms with Crippen LogP contribution in [0.5, 0.6) is 5.75 Å². The second-order valence-corrected chi connectivity index (χ2v) is 3.83. The molecule has 0 saturated carbocycles. The van der Waals surface area contributed by atoms with E-state index in [4.69, 9.17) is 10.5 Å². The summed E-state index contributed by atoms with van der Waals surface area (Å²) >= 11 is 0. The van der Waals surface area contributed by atoms with Crippen LogP contribution in [0.2, 0.25) is 0 Å². The molecule has 6 heteroatoms. The molecule has 0 radical (unpaired) electrons. The lowest BCUT2D eigenvalue weighted by Gasteiger charge is -2.03. The van der Waals surface area contributed by atoms with Gasteiger partial charge in [-0.2, -0.15) is 0 Å². The van der Waals surface area contributed by atoms with Crippen molar-refractivity contribution in [3.63, 3.8) is 0 Å². The first-order chi connectivity index (χ1) is 9.75. The van der Waals surface area contributed by atoms with Gasteiger partial charge in [0, 0.05) is 6.07 Å². The van der Waals surface area contributed by atoms with E-state index in [0.29, 0.717) is 11.3 Å². The molecule has 6 nitrogen and oxygen atoms in total. The van der Waals surface area contributed by atoms with Crippen molar-refractivity contribution in [1.82, 2.24) is 0 Å². The quantitative estimate of drug-likeness (QED) is 0.376. The summed E-state index contributed by atoms with van der Waals surface area (Å²) in [6.45, 7) is -0.234. The lowest BCUT2D eigenvalue weighted by molar-refractivity contribution is -0.378. The Morgan fingerprint density at radius 1 is 1.20 bits per heavy atom. The molecule has 2 aromatic rings. The van der Waals surface area contributed by atoms with Crippen molar-refractivity contribution < 1.29 is 19.4 Å². The summed E-state index contributed by atoms with van der Waals surface area (Å²) in [5.41, 5.74) is 6.29. The maximum absolute atomic E-state index is 11.4. The van der Waals surface area contributed by atoms with E-state index in [1.54, 1.807) is 36.7 Å². The molecule has 3 N–H and O–H groups in total. The largest absolute Gasteiger partial charge is 0.482 e. The van der Waals surface area contributed by atoms with Crippen molar-refractivity contribution >= 4 is 11.8 Å². The summed E-state index contributed by atoms with van der Waals surface area (Å²) in [6.07, 6.45) is 3.38. The summed E-state index contributed by atoms with van der Waals surface area (Å²) in [7, 11) is 0. The Morgan fingerprint density at radius 3 is 2.70 bits per heavy atom. The van der Waals surface area contributed by atoms with Crippen LogP contribution in [0.15, 0.2) is 60.0 Å². The molecule has 102 valence electrons. The second kappa shape index (κ2) is 6.89. The molecular weight excluding hydrogens is 258 g/mol. The average molecular weight is 272 g/mol. The Labute approximate surface area is 115 Å². The van der Waals surface area contributed by atoms with Crippen molar-refractivity contribution in [2.75, 3.05) is 6.61 Å². The van der Waals surface area contributed by atoms with Crippen LogP contribution in [-0.2, 0) is 9.63 Å². The van der Waals surface area contributed by atoms with Crippen LogP contribution in [-0.4, -0.2) is 18.4 Å². The van der Waals surface area contributed by atoms with Gasteiger partial charge in [-0.1, -0.05) is 23.4 Å². The Morgan fingerprint density at radius 2 is 2.00 bits per heavy atom. The number of carbonyl (C=O) groups is 1. The first-order valence-corrected chi connectivity index (χ1v) is 5.93. The third-order valence-corrected chi connectivity index (χ3v) is 2.35. The van der Waals surface area contributed by atoms with E-state index in [0.717, 1.165) is 0 Å². The number of nitrogens with one attached hydrogen (secondary N) is 1. The van der Waals surface area contributed by atoms with Gasteiger partial charge in [-0.15, -0.1) is 0 Å². The van der Waals surface area contributed by atoms with Crippen LogP contribution in [0.3, 0.4) is 0 Å². The number of aromatic amines is 1. The lowest BCUT2D eigenvalue weighted by Crippen LogP contribution is -2.19. The van der Waals surface area contributed by atoms with E-state index in [1.165, 1.54) is 0 Å². The monoisotopic (exact) mass is 272 g/mol. The number of oxime groups is 1. The van der Waals surface area contributed by atoms with Gasteiger partial charge in [0.05, 0.1) is 5.56 Å². The highest BCUT2D eigenvalue weighted by molar-refractivity contribution is 5.96. The molecule has 0 bridgehead atoms. The number of hydrogen-bond acceptors (Lipinski definition) is 4. The maximum Gasteiger partial charge on any atom is 0.372 e. The Bertz CT molecular complexity index is 585. The molecule has 1 aromatic heterocycles. The predicted molar refractivity (Wildman–Crippen MR) is 71.8 cm³/mol. The van der Waals surface area contributed by atoms with Crippen LogP contribution < -0.4 is 15.5 Å². The average Bonchev–Trinajstić information content (AvgIpc) is 2.52. The minimum absolute atomic E-state index is 0.106. The zero-order valence-corrected chi connectivity index (χ0v) is 10.7. The summed E-state index contributed by atoms with van der Waals surface area (Å²) in [6, 6.07) is 12.5. The van der Waals surface area contributed by atoms with Crippen molar-refractivity contribution in [3.05, 3.63) is 60.4 Å².